The molecule has 42 heavy (non-hydrogen) atoms. The summed E-state index contributed by atoms with van der Waals surface area (Å²) in [6, 6.07) is 9.80. The summed E-state index contributed by atoms with van der Waals surface area (Å²) in [5, 5.41) is 3.19. The maximum atomic E-state index is 13.9. The summed E-state index contributed by atoms with van der Waals surface area (Å²) in [6.07, 6.45) is 3.58. The van der Waals surface area contributed by atoms with Gasteiger partial charge >= 0.3 is 0 Å². The Balaban J connectivity index is 1.13. The van der Waals surface area contributed by atoms with E-state index in [-0.39, 0.29) is 28.5 Å². The molecule has 1 amide bonds. The van der Waals surface area contributed by atoms with E-state index in [0.717, 1.165) is 23.2 Å². The predicted molar refractivity (Wildman–Crippen MR) is 154 cm³/mol. The summed E-state index contributed by atoms with van der Waals surface area (Å²) in [5.74, 6) is 1.40. The van der Waals surface area contributed by atoms with Crippen LogP contribution in [-0.2, 0) is 16.8 Å². The van der Waals surface area contributed by atoms with Gasteiger partial charge in [-0.15, -0.1) is 0 Å². The molecule has 2 fully saturated rings. The zero-order valence-electron chi connectivity index (χ0n) is 23.9. The molecule has 218 valence electrons. The van der Waals surface area contributed by atoms with Gasteiger partial charge in [-0.3, -0.25) is 14.7 Å². The number of rotatable bonds is 5. The van der Waals surface area contributed by atoms with E-state index in [0.29, 0.717) is 82.0 Å². The lowest BCUT2D eigenvalue weighted by molar-refractivity contribution is 0.0651. The minimum absolute atomic E-state index is 0.0887. The van der Waals surface area contributed by atoms with Crippen LogP contribution in [0.1, 0.15) is 65.1 Å². The number of carbonyl (C=O) groups is 1. The van der Waals surface area contributed by atoms with E-state index < -0.39 is 0 Å². The van der Waals surface area contributed by atoms with Crippen molar-refractivity contribution in [1.82, 2.24) is 34.4 Å². The molecule has 12 heteroatoms. The number of morpholine rings is 1. The molecule has 2 aliphatic heterocycles. The average Bonchev–Trinajstić information content (AvgIpc) is 3.57. The molecule has 3 aromatic heterocycles. The van der Waals surface area contributed by atoms with Crippen LogP contribution in [0.3, 0.4) is 0 Å². The first-order chi connectivity index (χ1) is 20.4. The van der Waals surface area contributed by atoms with Crippen LogP contribution in [0.2, 0.25) is 0 Å². The standard InChI is InChI=1S/C30H34N8O4/c1-19-16-30(22-23(19)33-28-34-29(35-38(28)26(22)39)37-12-14-41-15-13-37)8-10-36(11-9-30)27(40)24-25(20(2)31-18-32-24)42-17-21-6-4-3-5-7-21/h3-7,18-19H,8-17H2,1-2H3,(H,33,34,35). The lowest BCUT2D eigenvalue weighted by Crippen LogP contribution is -2.46. The van der Waals surface area contributed by atoms with E-state index in [2.05, 4.69) is 31.9 Å². The van der Waals surface area contributed by atoms with Crippen LogP contribution in [0, 0.1) is 6.92 Å². The van der Waals surface area contributed by atoms with Crippen LogP contribution in [-0.4, -0.2) is 79.7 Å². The highest BCUT2D eigenvalue weighted by molar-refractivity contribution is 5.95. The van der Waals surface area contributed by atoms with E-state index in [1.807, 2.05) is 42.2 Å². The molecule has 5 heterocycles. The van der Waals surface area contributed by atoms with Crippen molar-refractivity contribution in [3.05, 3.63) is 75.2 Å². The minimum Gasteiger partial charge on any atom is -0.485 e. The quantitative estimate of drug-likeness (QED) is 0.385. The Morgan fingerprint density at radius 3 is 2.62 bits per heavy atom. The summed E-state index contributed by atoms with van der Waals surface area (Å²) in [6.45, 7) is 7.96. The highest BCUT2D eigenvalue weighted by Crippen LogP contribution is 2.49. The molecule has 1 spiro atoms. The third kappa shape index (κ3) is 4.50. The van der Waals surface area contributed by atoms with Crippen molar-refractivity contribution < 1.29 is 14.3 Å². The fourth-order valence-electron chi connectivity index (χ4n) is 6.74. The molecule has 2 saturated heterocycles. The molecule has 12 nitrogen and oxygen atoms in total. The van der Waals surface area contributed by atoms with Gasteiger partial charge in [0.15, 0.2) is 11.4 Å². The number of ether oxygens (including phenoxy) is 2. The van der Waals surface area contributed by atoms with Crippen LogP contribution in [0.25, 0.3) is 5.78 Å². The van der Waals surface area contributed by atoms with Gasteiger partial charge in [-0.05, 0) is 37.7 Å². The van der Waals surface area contributed by atoms with Crippen molar-refractivity contribution in [3.63, 3.8) is 0 Å². The second-order valence-electron chi connectivity index (χ2n) is 11.5. The molecule has 1 N–H and O–H groups in total. The molecule has 3 aliphatic rings. The van der Waals surface area contributed by atoms with E-state index in [4.69, 9.17) is 14.5 Å². The van der Waals surface area contributed by atoms with Crippen molar-refractivity contribution in [1.29, 1.82) is 0 Å². The van der Waals surface area contributed by atoms with Crippen molar-refractivity contribution in [2.45, 2.75) is 51.0 Å². The summed E-state index contributed by atoms with van der Waals surface area (Å²) in [5.41, 5.74) is 3.06. The third-order valence-corrected chi connectivity index (χ3v) is 8.93. The van der Waals surface area contributed by atoms with Gasteiger partial charge in [0.1, 0.15) is 12.9 Å². The number of nitrogens with one attached hydrogen (secondary N) is 1. The van der Waals surface area contributed by atoms with Crippen LogP contribution < -0.4 is 15.2 Å². The van der Waals surface area contributed by atoms with Gasteiger partial charge in [0.2, 0.25) is 5.95 Å². The Kier molecular flexibility index (Phi) is 6.64. The molecule has 1 aromatic carbocycles. The first-order valence-electron chi connectivity index (χ1n) is 14.6. The number of likely N-dealkylation sites (tertiary alicyclic amines) is 1. The maximum Gasteiger partial charge on any atom is 0.278 e. The largest absolute Gasteiger partial charge is 0.485 e. The number of piperidine rings is 1. The van der Waals surface area contributed by atoms with Gasteiger partial charge < -0.3 is 19.3 Å². The van der Waals surface area contributed by atoms with Crippen molar-refractivity contribution in [2.75, 3.05) is 44.3 Å². The van der Waals surface area contributed by atoms with Crippen molar-refractivity contribution >= 4 is 17.6 Å². The molecule has 0 radical (unpaired) electrons. The molecule has 1 aliphatic carbocycles. The zero-order valence-corrected chi connectivity index (χ0v) is 23.9. The van der Waals surface area contributed by atoms with E-state index in [9.17, 15) is 9.59 Å². The Morgan fingerprint density at radius 1 is 1.10 bits per heavy atom. The van der Waals surface area contributed by atoms with Gasteiger partial charge in [-0.25, -0.2) is 15.0 Å². The summed E-state index contributed by atoms with van der Waals surface area (Å²) in [7, 11) is 0. The normalized spacial score (nSPS) is 19.8. The number of fused-ring (bicyclic) bond motifs is 3. The lowest BCUT2D eigenvalue weighted by atomic mass is 9.73. The molecule has 4 aromatic rings. The van der Waals surface area contributed by atoms with Gasteiger partial charge in [0.25, 0.3) is 17.2 Å². The average molecular weight is 571 g/mol. The highest BCUT2D eigenvalue weighted by Gasteiger charge is 2.48. The number of amides is 1. The molecular weight excluding hydrogens is 536 g/mol. The zero-order chi connectivity index (χ0) is 28.8. The SMILES string of the molecule is Cc1ncnc(C(=O)N2CCC3(CC2)CC(C)c2nc4nc(N5CCOCC5)[nH]n4c(=O)c23)c1OCc1ccccc1. The minimum atomic E-state index is -0.338. The number of aryl methyl sites for hydroxylation is 1. The molecule has 1 atom stereocenters. The second-order valence-corrected chi connectivity index (χ2v) is 11.5. The van der Waals surface area contributed by atoms with Crippen molar-refractivity contribution in [2.24, 2.45) is 0 Å². The van der Waals surface area contributed by atoms with Crippen LogP contribution >= 0.6 is 0 Å². The smallest absolute Gasteiger partial charge is 0.278 e. The fourth-order valence-corrected chi connectivity index (χ4v) is 6.74. The third-order valence-electron chi connectivity index (χ3n) is 8.93. The topological polar surface area (TPSA) is 131 Å². The number of anilines is 1. The number of hydrogen-bond acceptors (Lipinski definition) is 9. The van der Waals surface area contributed by atoms with E-state index >= 15 is 0 Å². The molecule has 0 bridgehead atoms. The number of carbonyl (C=O) groups excluding carboxylic acids is 1. The first-order valence-corrected chi connectivity index (χ1v) is 14.6. The fraction of sp³-hybridized carbons (Fsp3) is 0.467. The Bertz CT molecular complexity index is 1690. The van der Waals surface area contributed by atoms with E-state index in [1.165, 1.54) is 10.8 Å². The molecule has 1 unspecified atom stereocenters. The Labute approximate surface area is 242 Å². The van der Waals surface area contributed by atoms with Gasteiger partial charge in [-0.2, -0.15) is 9.50 Å². The Morgan fingerprint density at radius 2 is 1.86 bits per heavy atom. The monoisotopic (exact) mass is 570 g/mol. The number of aromatic nitrogens is 6. The summed E-state index contributed by atoms with van der Waals surface area (Å²) in [4.78, 5) is 49.7. The molecular formula is C30H34N8O4. The van der Waals surface area contributed by atoms with Gasteiger partial charge in [0.05, 0.1) is 24.6 Å². The summed E-state index contributed by atoms with van der Waals surface area (Å²) >= 11 is 0. The predicted octanol–water partition coefficient (Wildman–Crippen LogP) is 2.61. The van der Waals surface area contributed by atoms with Crippen LogP contribution in [0.5, 0.6) is 5.75 Å². The number of hydrogen-bond donors (Lipinski definition) is 1. The molecule has 7 rings (SSSR count). The number of benzene rings is 1. The lowest BCUT2D eigenvalue weighted by Gasteiger charge is -2.39. The van der Waals surface area contributed by atoms with Crippen LogP contribution in [0.15, 0.2) is 41.5 Å². The summed E-state index contributed by atoms with van der Waals surface area (Å²) < 4.78 is 13.0. The van der Waals surface area contributed by atoms with Crippen LogP contribution in [0.4, 0.5) is 5.95 Å². The van der Waals surface area contributed by atoms with Gasteiger partial charge in [-0.1, -0.05) is 37.3 Å². The number of H-pyrrole nitrogens is 1. The van der Waals surface area contributed by atoms with Crippen molar-refractivity contribution in [3.8, 4) is 5.75 Å². The Hall–Kier alpha value is -4.32. The maximum absolute atomic E-state index is 13.9. The number of nitrogens with zero attached hydrogens (tertiary/aromatic N) is 7. The molecule has 0 saturated carbocycles. The van der Waals surface area contributed by atoms with Gasteiger partial charge in [0, 0.05) is 37.2 Å². The number of aromatic amines is 1. The van der Waals surface area contributed by atoms with E-state index in [1.54, 1.807) is 0 Å². The highest BCUT2D eigenvalue weighted by atomic mass is 16.5. The first kappa shape index (κ1) is 26.6. The second kappa shape index (κ2) is 10.5.